The minimum atomic E-state index is 0. The molecule has 2 rings (SSSR count). The van der Waals surface area contributed by atoms with E-state index in [1.165, 1.54) is 11.5 Å². The van der Waals surface area contributed by atoms with Crippen LogP contribution >= 0.6 is 11.5 Å². The van der Waals surface area contributed by atoms with Crippen molar-refractivity contribution >= 4 is 11.5 Å². The molecule has 0 amide bonds. The van der Waals surface area contributed by atoms with E-state index in [2.05, 4.69) is 56.2 Å². The first-order chi connectivity index (χ1) is 8.21. The van der Waals surface area contributed by atoms with Crippen LogP contribution < -0.4 is 0 Å². The monoisotopic (exact) mass is 282 g/mol. The summed E-state index contributed by atoms with van der Waals surface area (Å²) in [5.74, 6) is 0. The van der Waals surface area contributed by atoms with E-state index >= 15 is 0 Å². The van der Waals surface area contributed by atoms with Crippen LogP contribution in [0.15, 0.2) is 23.8 Å². The summed E-state index contributed by atoms with van der Waals surface area (Å²) in [5, 5.41) is 10.0. The van der Waals surface area contributed by atoms with Crippen LogP contribution in [0.1, 0.15) is 54.7 Å². The smallest absolute Gasteiger partial charge is 0.0808 e. The molecule has 0 unspecified atom stereocenters. The normalized spacial score (nSPS) is 11.3. The van der Waals surface area contributed by atoms with Gasteiger partial charge >= 0.3 is 0 Å². The molecule has 0 bridgehead atoms. The lowest BCUT2D eigenvalue weighted by Crippen LogP contribution is -2.21. The lowest BCUT2D eigenvalue weighted by atomic mass is 9.94. The van der Waals surface area contributed by atoms with Gasteiger partial charge in [-0.1, -0.05) is 32.7 Å². The van der Waals surface area contributed by atoms with Crippen molar-refractivity contribution in [2.75, 3.05) is 0 Å². The second kappa shape index (κ2) is 6.80. The predicted molar refractivity (Wildman–Crippen MR) is 82.6 cm³/mol. The zero-order valence-electron chi connectivity index (χ0n) is 12.0. The first kappa shape index (κ1) is 17.8. The molecule has 0 saturated heterocycles. The summed E-state index contributed by atoms with van der Waals surface area (Å²) in [6, 6.07) is 1.94. The zero-order chi connectivity index (χ0) is 13.8. The van der Waals surface area contributed by atoms with E-state index in [9.17, 15) is 0 Å². The number of nitrogens with zero attached hydrogens (tertiary/aromatic N) is 4. The van der Waals surface area contributed by atoms with Crippen LogP contribution in [-0.2, 0) is 11.0 Å². The van der Waals surface area contributed by atoms with Gasteiger partial charge in [0.1, 0.15) is 0 Å². The van der Waals surface area contributed by atoms with Gasteiger partial charge in [0.2, 0.25) is 0 Å². The molecule has 2 aromatic rings. The third-order valence-corrected chi connectivity index (χ3v) is 2.82. The molecule has 5 heteroatoms. The molecule has 0 N–H and O–H groups in total. The van der Waals surface area contributed by atoms with E-state index in [0.717, 1.165) is 5.69 Å². The van der Waals surface area contributed by atoms with Crippen molar-refractivity contribution in [1.82, 2.24) is 19.4 Å². The second-order valence-corrected chi connectivity index (χ2v) is 6.77. The fourth-order valence-corrected chi connectivity index (χ4v) is 1.84. The van der Waals surface area contributed by atoms with Crippen LogP contribution in [0.4, 0.5) is 0 Å². The Morgan fingerprint density at radius 3 is 1.95 bits per heavy atom. The van der Waals surface area contributed by atoms with Crippen LogP contribution in [0.3, 0.4) is 0 Å². The molecule has 2 aromatic heterocycles. The minimum absolute atomic E-state index is 0. The molecule has 4 nitrogen and oxygen atoms in total. The molecule has 0 aliphatic rings. The third kappa shape index (κ3) is 5.96. The van der Waals surface area contributed by atoms with Crippen molar-refractivity contribution in [3.05, 3.63) is 29.5 Å². The Morgan fingerprint density at radius 2 is 1.74 bits per heavy atom. The first-order valence-electron chi connectivity index (χ1n) is 5.99. The molecule has 108 valence electrons. The van der Waals surface area contributed by atoms with Crippen LogP contribution in [0.2, 0.25) is 0 Å². The van der Waals surface area contributed by atoms with E-state index in [4.69, 9.17) is 0 Å². The van der Waals surface area contributed by atoms with Gasteiger partial charge in [-0.25, -0.2) is 0 Å². The summed E-state index contributed by atoms with van der Waals surface area (Å²) in [6.45, 7) is 12.8. The van der Waals surface area contributed by atoms with Crippen LogP contribution in [-0.4, -0.2) is 19.4 Å². The third-order valence-electron chi connectivity index (χ3n) is 2.32. The molecule has 0 aliphatic heterocycles. The van der Waals surface area contributed by atoms with Crippen LogP contribution in [0, 0.1) is 0 Å². The molecule has 0 fully saturated rings. The Bertz CT molecular complexity index is 388. The van der Waals surface area contributed by atoms with Crippen molar-refractivity contribution in [2.45, 2.75) is 59.9 Å². The molecule has 0 aliphatic carbocycles. The Hall–Kier alpha value is -1.23. The Labute approximate surface area is 121 Å². The van der Waals surface area contributed by atoms with E-state index in [-0.39, 0.29) is 18.4 Å². The number of hydrogen-bond donors (Lipinski definition) is 0. The molecular formula is C14H26N4S. The average Bonchev–Trinajstić information content (AvgIpc) is 2.91. The van der Waals surface area contributed by atoms with Gasteiger partial charge in [-0.15, -0.1) is 5.10 Å². The maximum Gasteiger partial charge on any atom is 0.0808 e. The van der Waals surface area contributed by atoms with E-state index in [1.54, 1.807) is 6.20 Å². The van der Waals surface area contributed by atoms with Gasteiger partial charge < -0.3 is 0 Å². The summed E-state index contributed by atoms with van der Waals surface area (Å²) in [4.78, 5) is 0. The number of hydrogen-bond acceptors (Lipinski definition) is 4. The Morgan fingerprint density at radius 1 is 1.11 bits per heavy atom. The van der Waals surface area contributed by atoms with Crippen LogP contribution in [0.5, 0.6) is 0 Å². The van der Waals surface area contributed by atoms with E-state index in [0.29, 0.717) is 0 Å². The van der Waals surface area contributed by atoms with Crippen molar-refractivity contribution in [2.24, 2.45) is 0 Å². The van der Waals surface area contributed by atoms with E-state index in [1.807, 2.05) is 22.3 Å². The quantitative estimate of drug-likeness (QED) is 0.730. The van der Waals surface area contributed by atoms with Gasteiger partial charge in [0, 0.05) is 23.2 Å². The standard InChI is InChI=1S/C7H12N2.C6H10N2S.CH4/c1-7(2,3)9-6-4-5-8-9;1-6(2,3)5-4-9-8-7-5;/h4-6H,1-3H3;4H,1-3H3;1H4. The van der Waals surface area contributed by atoms with Gasteiger partial charge in [0.05, 0.1) is 11.2 Å². The van der Waals surface area contributed by atoms with Crippen molar-refractivity contribution in [3.63, 3.8) is 0 Å². The van der Waals surface area contributed by atoms with Gasteiger partial charge in [-0.05, 0) is 38.4 Å². The lowest BCUT2D eigenvalue weighted by molar-refractivity contribution is 0.355. The van der Waals surface area contributed by atoms with Crippen molar-refractivity contribution in [3.8, 4) is 0 Å². The number of aromatic nitrogens is 4. The zero-order valence-corrected chi connectivity index (χ0v) is 12.8. The Balaban J connectivity index is 0.000000324. The molecule has 0 spiro atoms. The molecule has 2 heterocycles. The molecular weight excluding hydrogens is 256 g/mol. The SMILES string of the molecule is C.CC(C)(C)c1csnn1.CC(C)(C)n1cccn1. The number of rotatable bonds is 0. The van der Waals surface area contributed by atoms with Crippen molar-refractivity contribution < 1.29 is 0 Å². The lowest BCUT2D eigenvalue weighted by Gasteiger charge is -2.18. The molecule has 0 atom stereocenters. The predicted octanol–water partition coefficient (Wildman–Crippen LogP) is 4.11. The maximum absolute atomic E-state index is 4.10. The minimum Gasteiger partial charge on any atom is -0.268 e. The molecule has 19 heavy (non-hydrogen) atoms. The molecule has 0 saturated carbocycles. The highest BCUT2D eigenvalue weighted by Gasteiger charge is 2.15. The maximum atomic E-state index is 4.10. The Kier molecular flexibility index (Phi) is 6.36. The molecule has 0 radical (unpaired) electrons. The topological polar surface area (TPSA) is 43.6 Å². The van der Waals surface area contributed by atoms with Gasteiger partial charge in [0.15, 0.2) is 0 Å². The van der Waals surface area contributed by atoms with Crippen molar-refractivity contribution in [1.29, 1.82) is 0 Å². The summed E-state index contributed by atoms with van der Waals surface area (Å²) >= 11 is 1.41. The highest BCUT2D eigenvalue weighted by atomic mass is 32.1. The van der Waals surface area contributed by atoms with E-state index < -0.39 is 0 Å². The fourth-order valence-electron chi connectivity index (χ4n) is 1.16. The highest BCUT2D eigenvalue weighted by Crippen LogP contribution is 2.19. The summed E-state index contributed by atoms with van der Waals surface area (Å²) < 4.78 is 5.72. The summed E-state index contributed by atoms with van der Waals surface area (Å²) in [5.41, 5.74) is 1.36. The molecule has 0 aromatic carbocycles. The second-order valence-electron chi connectivity index (χ2n) is 6.16. The van der Waals surface area contributed by atoms with Gasteiger partial charge in [-0.3, -0.25) is 4.68 Å². The first-order valence-corrected chi connectivity index (χ1v) is 6.82. The van der Waals surface area contributed by atoms with Gasteiger partial charge in [-0.2, -0.15) is 5.10 Å². The largest absolute Gasteiger partial charge is 0.268 e. The summed E-state index contributed by atoms with van der Waals surface area (Å²) in [7, 11) is 0. The summed E-state index contributed by atoms with van der Waals surface area (Å²) in [6.07, 6.45) is 3.77. The fraction of sp³-hybridized carbons (Fsp3) is 0.643. The van der Waals surface area contributed by atoms with Crippen LogP contribution in [0.25, 0.3) is 0 Å². The van der Waals surface area contributed by atoms with Gasteiger partial charge in [0.25, 0.3) is 0 Å². The highest BCUT2D eigenvalue weighted by molar-refractivity contribution is 7.03. The average molecular weight is 282 g/mol.